The fraction of sp³-hybridized carbons (Fsp3) is 0.607. The fourth-order valence-electron chi connectivity index (χ4n) is 17.2. The molecule has 125 heavy (non-hydrogen) atoms. The summed E-state index contributed by atoms with van der Waals surface area (Å²) in [4.78, 5) is 125. The molecule has 1 aliphatic carbocycles. The fourth-order valence-corrected chi connectivity index (χ4v) is 17.2. The Morgan fingerprint density at radius 2 is 1.52 bits per heavy atom. The molecule has 36 nitrogen and oxygen atoms in total. The summed E-state index contributed by atoms with van der Waals surface area (Å²) in [6, 6.07) is 4.37. The van der Waals surface area contributed by atoms with E-state index in [2.05, 4.69) is 50.7 Å². The molecular formula is C89H126N18O18. The van der Waals surface area contributed by atoms with Gasteiger partial charge in [0.1, 0.15) is 59.3 Å². The van der Waals surface area contributed by atoms with Crippen molar-refractivity contribution in [2.24, 2.45) is 40.7 Å². The summed E-state index contributed by atoms with van der Waals surface area (Å²) >= 11 is 0. The molecule has 1 aromatic carbocycles. The van der Waals surface area contributed by atoms with Gasteiger partial charge in [0.05, 0.1) is 60.4 Å². The molecule has 2 bridgehead atoms. The number of unbranched alkanes of at least 4 members (excludes halogenated alkanes) is 2. The predicted octanol–water partition coefficient (Wildman–Crippen LogP) is 7.66. The standard InChI is InChI=1S/C89H126N18O18/c1-52-19-13-11-14-20-53(2)70(118-8)44-63-26-23-58(7)89(117,125-63)79(113)84(115)106-31-18-16-22-66(106)85(116)123-71(55(4)41-59-24-27-67(109)72(42-59)119-9)45-68(110)54(3)40-57(6)77(112)78(120-10)75(56(5)39-52)103-122-50-73(111)94-46-60-47-95-87(96-48-60)104-33-35-105(36-34-104)88-97-49-64(80(90)101-88)83(114)93-30-38-121-37-29-62(108)21-15-12-17-32-107-82-74(81(91)98-51-99-82)76(102-107)61-25-28-69-65(43-61)100-86(92)124-69/h11,13-14,19-20,25,28,40,43,47-49,51-52,54-56,58-59,63,66-68,70-72,77-78,109-110,112,117H,12,15-18,21-24,26-27,29-39,41-42,44-46,50H2,1-10H3,(H2,92,100)(H,93,114)(H,94,111)(H2,90,97,101)(H2,91,98,99)/b14-11+,19-13+,53-20+,57-40+,103-75?/t52-,54-,55-,56-,58-,59+,63+,66+,67-,68-,70+,71+,72-,77-,78+,89-/m1/s1. The number of benzene rings is 1. The molecule has 3 amide bonds. The quantitative estimate of drug-likeness (QED) is 0.00785. The summed E-state index contributed by atoms with van der Waals surface area (Å²) in [6.45, 7) is 15.8. The number of esters is 1. The minimum Gasteiger partial charge on any atom is -0.460 e. The highest BCUT2D eigenvalue weighted by Gasteiger charge is 2.53. The van der Waals surface area contributed by atoms with Crippen molar-refractivity contribution in [3.05, 3.63) is 102 Å². The number of allylic oxidation sites excluding steroid dienone is 5. The summed E-state index contributed by atoms with van der Waals surface area (Å²) in [5.41, 5.74) is 23.9. The maximum absolute atomic E-state index is 14.8. The molecule has 4 aliphatic heterocycles. The lowest BCUT2D eigenvalue weighted by atomic mass is 9.78. The maximum atomic E-state index is 14.8. The molecule has 0 spiro atoms. The number of hydrogen-bond acceptors (Lipinski definition) is 32. The first kappa shape index (κ1) is 95.3. The van der Waals surface area contributed by atoms with Crippen LogP contribution in [0.4, 0.5) is 29.5 Å². The first-order valence-corrected chi connectivity index (χ1v) is 43.7. The van der Waals surface area contributed by atoms with Gasteiger partial charge in [0.25, 0.3) is 29.5 Å². The van der Waals surface area contributed by atoms with Crippen LogP contribution in [0, 0.1) is 35.5 Å². The number of cyclic esters (lactones) is 1. The number of carbonyl (C=O) groups excluding carboxylic acids is 6. The van der Waals surface area contributed by atoms with Gasteiger partial charge in [-0.15, -0.1) is 0 Å². The number of aryl methyl sites for hydroxylation is 1. The van der Waals surface area contributed by atoms with E-state index in [-0.39, 0.29) is 106 Å². The molecule has 5 aromatic heterocycles. The van der Waals surface area contributed by atoms with Crippen molar-refractivity contribution in [2.45, 2.75) is 231 Å². The number of oxime groups is 1. The Kier molecular flexibility index (Phi) is 34.5. The van der Waals surface area contributed by atoms with Crippen LogP contribution in [0.3, 0.4) is 0 Å². The average Bonchev–Trinajstić information content (AvgIpc) is 1.73. The van der Waals surface area contributed by atoms with E-state index in [1.807, 2.05) is 80.0 Å². The third-order valence-electron chi connectivity index (χ3n) is 24.8. The summed E-state index contributed by atoms with van der Waals surface area (Å²) < 4.78 is 43.3. The van der Waals surface area contributed by atoms with Gasteiger partial charge >= 0.3 is 5.97 Å². The number of ether oxygens (including phenoxy) is 6. The largest absolute Gasteiger partial charge is 0.460 e. The number of nitrogen functional groups attached to an aromatic ring is 3. The molecule has 3 saturated heterocycles. The van der Waals surface area contributed by atoms with E-state index < -0.39 is 108 Å². The van der Waals surface area contributed by atoms with Crippen LogP contribution in [0.2, 0.25) is 0 Å². The normalized spacial score (nSPS) is 28.3. The van der Waals surface area contributed by atoms with Gasteiger partial charge in [-0.25, -0.2) is 34.4 Å². The molecule has 1 saturated carbocycles. The SMILES string of the molecule is CO[C@H]1C[C@@H]2CC[C@@H](C)[C@@](O)(O2)C(=O)C(=O)N2CCCC[C@H]2C(=O)O[C@H]([C@H](C)C[C@@H]2CC[C@@H](O)[C@H](OC)C2)C[C@@H](O)[C@H](C)/C=C(\C)[C@@H](O)[C@@H](OC)C(=NOCC(=O)NCc2cnc(N3CCN(c4ncc(C(=O)NCCOCCC(=O)CCCCCn5nc(-c6ccc7oc(N)nc7c6)c6c(N)ncnc65)c(N)n4)CC3)nc2)[C@H](C)C[C@H](C)/C=C/C=C/C=C/1C. The first-order valence-electron chi connectivity index (χ1n) is 43.7. The molecule has 4 fully saturated rings. The number of aliphatic hydroxyl groups excluding tert-OH is 3. The zero-order valence-electron chi connectivity index (χ0n) is 73.5. The second kappa shape index (κ2) is 45.2. The van der Waals surface area contributed by atoms with Crippen molar-refractivity contribution in [1.82, 2.24) is 60.2 Å². The van der Waals surface area contributed by atoms with E-state index >= 15 is 0 Å². The lowest BCUT2D eigenvalue weighted by molar-refractivity contribution is -0.265. The number of nitrogens with zero attached hydrogens (tertiary/aromatic N) is 13. The van der Waals surface area contributed by atoms with Crippen LogP contribution >= 0.6 is 0 Å². The van der Waals surface area contributed by atoms with Gasteiger partial charge < -0.3 is 101 Å². The number of aliphatic hydroxyl groups is 4. The number of aromatic nitrogens is 9. The molecule has 11 rings (SSSR count). The third-order valence-corrected chi connectivity index (χ3v) is 24.8. The Morgan fingerprint density at radius 3 is 2.26 bits per heavy atom. The number of oxazole rings is 1. The first-order chi connectivity index (χ1) is 60.0. The van der Waals surface area contributed by atoms with Gasteiger partial charge in [-0.2, -0.15) is 15.1 Å². The van der Waals surface area contributed by atoms with Gasteiger partial charge in [-0.05, 0) is 138 Å². The van der Waals surface area contributed by atoms with Gasteiger partial charge in [0, 0.05) is 147 Å². The minimum atomic E-state index is -2.47. The lowest BCUT2D eigenvalue weighted by Gasteiger charge is -2.43. The van der Waals surface area contributed by atoms with Crippen molar-refractivity contribution in [3.8, 4) is 11.3 Å². The molecule has 0 unspecified atom stereocenters. The van der Waals surface area contributed by atoms with E-state index in [4.69, 9.17) is 60.0 Å². The van der Waals surface area contributed by atoms with Crippen LogP contribution < -0.4 is 37.6 Å². The Hall–Kier alpha value is -10.3. The summed E-state index contributed by atoms with van der Waals surface area (Å²) in [7, 11) is 4.58. The van der Waals surface area contributed by atoms with Crippen molar-refractivity contribution in [1.29, 1.82) is 0 Å². The van der Waals surface area contributed by atoms with E-state index in [1.165, 1.54) is 24.5 Å². The number of amides is 3. The van der Waals surface area contributed by atoms with Crippen molar-refractivity contribution in [3.63, 3.8) is 0 Å². The number of piperidine rings is 1. The number of hydrogen-bond donors (Lipinski definition) is 9. The molecule has 680 valence electrons. The maximum Gasteiger partial charge on any atom is 0.329 e. The van der Waals surface area contributed by atoms with Crippen molar-refractivity contribution in [2.75, 3.05) is 107 Å². The Balaban J connectivity index is 0.653. The highest BCUT2D eigenvalue weighted by molar-refractivity contribution is 6.39. The number of nitrogens with two attached hydrogens (primary N) is 3. The second-order valence-electron chi connectivity index (χ2n) is 34.0. The molecule has 12 N–H and O–H groups in total. The monoisotopic (exact) mass is 1730 g/mol. The van der Waals surface area contributed by atoms with E-state index in [9.17, 15) is 49.2 Å². The third kappa shape index (κ3) is 25.1. The Morgan fingerprint density at radius 1 is 0.760 bits per heavy atom. The van der Waals surface area contributed by atoms with Crippen LogP contribution in [0.25, 0.3) is 33.4 Å². The van der Waals surface area contributed by atoms with Crippen LogP contribution in [0.5, 0.6) is 0 Å². The van der Waals surface area contributed by atoms with Gasteiger partial charge in [-0.1, -0.05) is 82.7 Å². The molecule has 5 aliphatic rings. The summed E-state index contributed by atoms with van der Waals surface area (Å²) in [5, 5.41) is 63.1. The molecule has 16 atom stereocenters. The predicted molar refractivity (Wildman–Crippen MR) is 468 cm³/mol. The molecule has 36 heteroatoms. The molecule has 0 radical (unpaired) electrons. The van der Waals surface area contributed by atoms with Crippen LogP contribution in [-0.4, -0.2) is 252 Å². The van der Waals surface area contributed by atoms with Gasteiger partial charge in [-0.3, -0.25) is 24.0 Å². The highest BCUT2D eigenvalue weighted by Crippen LogP contribution is 2.40. The van der Waals surface area contributed by atoms with Crippen LogP contribution in [-0.2, 0) is 70.3 Å². The summed E-state index contributed by atoms with van der Waals surface area (Å²) in [5.74, 6) is -7.23. The lowest BCUT2D eigenvalue weighted by Crippen LogP contribution is -2.61. The van der Waals surface area contributed by atoms with Crippen LogP contribution in [0.1, 0.15) is 174 Å². The van der Waals surface area contributed by atoms with Crippen molar-refractivity contribution < 1.29 is 86.9 Å². The topological polar surface area (TPSA) is 493 Å². The number of rotatable bonds is 27. The zero-order chi connectivity index (χ0) is 89.6. The minimum absolute atomic E-state index is 0.0156. The smallest absolute Gasteiger partial charge is 0.329 e. The van der Waals surface area contributed by atoms with Gasteiger partial charge in [0.2, 0.25) is 17.7 Å². The number of piperazine rings is 1. The highest BCUT2D eigenvalue weighted by atomic mass is 16.6. The van der Waals surface area contributed by atoms with Crippen molar-refractivity contribution >= 4 is 92.6 Å². The number of nitrogens with one attached hydrogen (secondary N) is 2. The molecular weight excluding hydrogens is 1610 g/mol. The average molecular weight is 1740 g/mol. The molecule has 9 heterocycles. The van der Waals surface area contributed by atoms with E-state index in [0.717, 1.165) is 24.0 Å². The number of carbonyl (C=O) groups is 6. The Labute approximate surface area is 728 Å². The van der Waals surface area contributed by atoms with Gasteiger partial charge in [0.15, 0.2) is 17.8 Å². The molecule has 6 aromatic rings. The Bertz CT molecular complexity index is 4800. The number of ketones is 2. The van der Waals surface area contributed by atoms with Crippen LogP contribution in [0.15, 0.2) is 100 Å². The van der Waals surface area contributed by atoms with E-state index in [1.54, 1.807) is 64.2 Å². The number of anilines is 5. The zero-order valence-corrected chi connectivity index (χ0v) is 73.5. The number of methoxy groups -OCH3 is 3. The summed E-state index contributed by atoms with van der Waals surface area (Å²) in [6.07, 6.45) is 18.9. The van der Waals surface area contributed by atoms with E-state index in [0.29, 0.717) is 166 Å². The number of fused-ring (bicyclic) bond motifs is 5. The number of Topliss-reactive ketones (excluding diaryl/α,β-unsaturated/α-hetero) is 2. The second-order valence-corrected chi connectivity index (χ2v) is 34.0.